The first-order chi connectivity index (χ1) is 17.9. The van der Waals surface area contributed by atoms with Crippen molar-refractivity contribution in [1.82, 2.24) is 0 Å². The Kier molecular flexibility index (Phi) is 26.1. The predicted molar refractivity (Wildman–Crippen MR) is 159 cm³/mol. The van der Waals surface area contributed by atoms with Gasteiger partial charge in [-0.25, -0.2) is 9.36 Å². The van der Waals surface area contributed by atoms with E-state index in [9.17, 15) is 14.3 Å². The SMILES string of the molecule is CCCCCCCCCCCCSC(CCCCCCCC)CCOC(C)COP(=O)(O)C(=O)OCC. The fraction of sp³-hybridized carbons (Fsp3) is 0.966. The van der Waals surface area contributed by atoms with E-state index < -0.39 is 13.3 Å². The van der Waals surface area contributed by atoms with E-state index in [4.69, 9.17) is 9.26 Å². The molecule has 0 aromatic rings. The molecule has 0 saturated carbocycles. The predicted octanol–water partition coefficient (Wildman–Crippen LogP) is 9.91. The zero-order chi connectivity index (χ0) is 27.6. The van der Waals surface area contributed by atoms with Crippen molar-refractivity contribution in [2.24, 2.45) is 0 Å². The zero-order valence-electron chi connectivity index (χ0n) is 24.6. The summed E-state index contributed by atoms with van der Waals surface area (Å²) in [7, 11) is -4.41. The largest absolute Gasteiger partial charge is 0.457 e. The molecule has 0 rings (SSSR count). The average Bonchev–Trinajstić information content (AvgIpc) is 2.87. The molecule has 0 saturated heterocycles. The van der Waals surface area contributed by atoms with Crippen molar-refractivity contribution in [3.8, 4) is 0 Å². The Labute approximate surface area is 233 Å². The molecular weight excluding hydrogens is 507 g/mol. The summed E-state index contributed by atoms with van der Waals surface area (Å²) < 4.78 is 27.3. The maximum absolute atomic E-state index is 11.9. The van der Waals surface area contributed by atoms with E-state index in [0.717, 1.165) is 6.42 Å². The number of hydrogen-bond donors (Lipinski definition) is 1. The Balaban J connectivity index is 4.19. The maximum Gasteiger partial charge on any atom is 0.435 e. The van der Waals surface area contributed by atoms with Crippen LogP contribution in [-0.2, 0) is 18.6 Å². The van der Waals surface area contributed by atoms with E-state index in [1.807, 2.05) is 0 Å². The summed E-state index contributed by atoms with van der Waals surface area (Å²) in [6.07, 6.45) is 23.3. The molecule has 222 valence electrons. The van der Waals surface area contributed by atoms with E-state index in [1.165, 1.54) is 115 Å². The molecule has 0 aliphatic rings. The van der Waals surface area contributed by atoms with Gasteiger partial charge < -0.3 is 14.4 Å². The van der Waals surface area contributed by atoms with Crippen molar-refractivity contribution in [2.75, 3.05) is 25.6 Å². The van der Waals surface area contributed by atoms with Gasteiger partial charge in [0.15, 0.2) is 0 Å². The van der Waals surface area contributed by atoms with Crippen LogP contribution >= 0.6 is 19.4 Å². The smallest absolute Gasteiger partial charge is 0.435 e. The summed E-state index contributed by atoms with van der Waals surface area (Å²) in [5, 5.41) is 0.585. The van der Waals surface area contributed by atoms with Crippen LogP contribution in [0.5, 0.6) is 0 Å². The molecule has 8 heteroatoms. The molecule has 0 aromatic heterocycles. The molecule has 6 nitrogen and oxygen atoms in total. The third kappa shape index (κ3) is 23.5. The molecule has 0 aliphatic heterocycles. The van der Waals surface area contributed by atoms with Crippen molar-refractivity contribution in [3.63, 3.8) is 0 Å². The Morgan fingerprint density at radius 2 is 1.30 bits per heavy atom. The van der Waals surface area contributed by atoms with Crippen LogP contribution in [0, 0.1) is 0 Å². The lowest BCUT2D eigenvalue weighted by Gasteiger charge is -2.19. The van der Waals surface area contributed by atoms with Crippen LogP contribution in [0.2, 0.25) is 0 Å². The minimum absolute atomic E-state index is 0.0373. The van der Waals surface area contributed by atoms with Crippen LogP contribution in [0.15, 0.2) is 0 Å². The second kappa shape index (κ2) is 26.2. The highest BCUT2D eigenvalue weighted by atomic mass is 32.2. The molecule has 1 N–H and O–H groups in total. The van der Waals surface area contributed by atoms with Gasteiger partial charge in [-0.15, -0.1) is 0 Å². The van der Waals surface area contributed by atoms with E-state index in [0.29, 0.717) is 11.9 Å². The summed E-state index contributed by atoms with van der Waals surface area (Å²) in [5.41, 5.74) is -1.20. The maximum atomic E-state index is 11.9. The van der Waals surface area contributed by atoms with Crippen LogP contribution < -0.4 is 0 Å². The number of ether oxygens (including phenoxy) is 2. The fourth-order valence-electron chi connectivity index (χ4n) is 4.22. The number of carbonyl (C=O) groups excluding carboxylic acids is 1. The number of rotatable bonds is 28. The van der Waals surface area contributed by atoms with Crippen LogP contribution in [0.4, 0.5) is 4.79 Å². The molecule has 0 aromatic carbocycles. The van der Waals surface area contributed by atoms with Crippen molar-refractivity contribution in [1.29, 1.82) is 0 Å². The van der Waals surface area contributed by atoms with Gasteiger partial charge in [0.1, 0.15) is 0 Å². The van der Waals surface area contributed by atoms with Crippen LogP contribution in [0.1, 0.15) is 143 Å². The molecule has 3 atom stereocenters. The first-order valence-electron chi connectivity index (χ1n) is 15.2. The van der Waals surface area contributed by atoms with Crippen LogP contribution in [-0.4, -0.2) is 47.5 Å². The van der Waals surface area contributed by atoms with Gasteiger partial charge >= 0.3 is 13.3 Å². The van der Waals surface area contributed by atoms with Gasteiger partial charge in [0.2, 0.25) is 0 Å². The topological polar surface area (TPSA) is 82.1 Å². The monoisotopic (exact) mass is 566 g/mol. The zero-order valence-corrected chi connectivity index (χ0v) is 26.3. The minimum atomic E-state index is -4.41. The van der Waals surface area contributed by atoms with Crippen molar-refractivity contribution in [3.05, 3.63) is 0 Å². The molecule has 3 unspecified atom stereocenters. The number of unbranched alkanes of at least 4 members (excludes halogenated alkanes) is 14. The molecule has 0 spiro atoms. The number of carbonyl (C=O) groups is 1. The van der Waals surface area contributed by atoms with Gasteiger partial charge in [-0.2, -0.15) is 11.8 Å². The third-order valence-electron chi connectivity index (χ3n) is 6.56. The Bertz CT molecular complexity index is 563. The fourth-order valence-corrected chi connectivity index (χ4v) is 6.33. The first-order valence-corrected chi connectivity index (χ1v) is 17.9. The van der Waals surface area contributed by atoms with Gasteiger partial charge in [-0.05, 0) is 38.9 Å². The summed E-state index contributed by atoms with van der Waals surface area (Å²) in [4.78, 5) is 21.2. The molecule has 0 heterocycles. The minimum Gasteiger partial charge on any atom is -0.457 e. The first kappa shape index (κ1) is 36.9. The number of hydrogen-bond acceptors (Lipinski definition) is 6. The molecule has 0 radical (unpaired) electrons. The summed E-state index contributed by atoms with van der Waals surface area (Å²) in [6, 6.07) is 0. The van der Waals surface area contributed by atoms with E-state index >= 15 is 0 Å². The molecule has 0 bridgehead atoms. The summed E-state index contributed by atoms with van der Waals surface area (Å²) in [5.74, 6) is 1.21. The lowest BCUT2D eigenvalue weighted by Crippen LogP contribution is -2.19. The van der Waals surface area contributed by atoms with E-state index in [1.54, 1.807) is 13.8 Å². The molecule has 0 amide bonds. The summed E-state index contributed by atoms with van der Waals surface area (Å²) >= 11 is 2.09. The second-order valence-corrected chi connectivity index (χ2v) is 13.3. The standard InChI is InChI=1S/C29H59O6PS/c1-5-8-10-12-14-15-16-17-19-21-25-37-28(22-20-18-13-11-9-6-2)23-24-34-27(4)26-35-36(31,32)29(30)33-7-3/h27-28H,5-26H2,1-4H3,(H,31,32). The van der Waals surface area contributed by atoms with Crippen LogP contribution in [0.3, 0.4) is 0 Å². The average molecular weight is 567 g/mol. The van der Waals surface area contributed by atoms with Crippen molar-refractivity contribution in [2.45, 2.75) is 155 Å². The quantitative estimate of drug-likeness (QED) is 0.0745. The second-order valence-electron chi connectivity index (χ2n) is 10.2. The van der Waals surface area contributed by atoms with Gasteiger partial charge in [-0.1, -0.05) is 110 Å². The van der Waals surface area contributed by atoms with Gasteiger partial charge in [-0.3, -0.25) is 4.52 Å². The molecule has 0 aliphatic carbocycles. The van der Waals surface area contributed by atoms with Crippen molar-refractivity contribution >= 4 is 25.1 Å². The van der Waals surface area contributed by atoms with Crippen LogP contribution in [0.25, 0.3) is 0 Å². The highest BCUT2D eigenvalue weighted by molar-refractivity contribution is 7.99. The molecular formula is C29H59O6PS. The Morgan fingerprint density at radius 3 is 1.84 bits per heavy atom. The van der Waals surface area contributed by atoms with Crippen molar-refractivity contribution < 1.29 is 28.3 Å². The van der Waals surface area contributed by atoms with Gasteiger partial charge in [0.25, 0.3) is 0 Å². The third-order valence-corrected chi connectivity index (χ3v) is 9.11. The normalized spacial score (nSPS) is 14.8. The van der Waals surface area contributed by atoms with E-state index in [-0.39, 0.29) is 19.3 Å². The molecule has 0 fully saturated rings. The van der Waals surface area contributed by atoms with Gasteiger partial charge in [0, 0.05) is 11.9 Å². The lowest BCUT2D eigenvalue weighted by molar-refractivity contribution is 0.0275. The Hall–Kier alpha value is -0.0700. The van der Waals surface area contributed by atoms with Gasteiger partial charge in [0.05, 0.1) is 19.3 Å². The Morgan fingerprint density at radius 1 is 0.784 bits per heavy atom. The molecule has 37 heavy (non-hydrogen) atoms. The number of thioether (sulfide) groups is 1. The lowest BCUT2D eigenvalue weighted by atomic mass is 10.1. The summed E-state index contributed by atoms with van der Waals surface area (Å²) in [6.45, 7) is 8.42. The highest BCUT2D eigenvalue weighted by Gasteiger charge is 2.33. The van der Waals surface area contributed by atoms with E-state index in [2.05, 4.69) is 30.3 Å². The highest BCUT2D eigenvalue weighted by Crippen LogP contribution is 2.44.